The van der Waals surface area contributed by atoms with Crippen molar-refractivity contribution in [3.63, 3.8) is 0 Å². The lowest BCUT2D eigenvalue weighted by Crippen LogP contribution is -2.24. The third-order valence-electron chi connectivity index (χ3n) is 2.62. The highest BCUT2D eigenvalue weighted by molar-refractivity contribution is 5.45. The minimum Gasteiger partial charge on any atom is -0.314 e. The zero-order valence-corrected chi connectivity index (χ0v) is 9.33. The molecule has 14 heavy (non-hydrogen) atoms. The molecule has 0 aliphatic heterocycles. The van der Waals surface area contributed by atoms with Crippen molar-refractivity contribution in [3.8, 4) is 0 Å². The molecule has 1 aromatic rings. The summed E-state index contributed by atoms with van der Waals surface area (Å²) in [6.45, 7) is 4.51. The average molecular weight is 192 g/mol. The molecule has 0 heterocycles. The van der Waals surface area contributed by atoms with Crippen LogP contribution in [-0.4, -0.2) is 7.05 Å². The number of hydrogen-bond acceptors (Lipinski definition) is 2. The van der Waals surface area contributed by atoms with E-state index in [1.54, 1.807) is 5.01 Å². The highest BCUT2D eigenvalue weighted by atomic mass is 15.4. The summed E-state index contributed by atoms with van der Waals surface area (Å²) in [5.74, 6) is 6.39. The van der Waals surface area contributed by atoms with E-state index in [-0.39, 0.29) is 0 Å². The van der Waals surface area contributed by atoms with Crippen LogP contribution in [0, 0.1) is 5.92 Å². The van der Waals surface area contributed by atoms with E-state index in [2.05, 4.69) is 38.1 Å². The van der Waals surface area contributed by atoms with Gasteiger partial charge in [-0.05, 0) is 30.0 Å². The van der Waals surface area contributed by atoms with Gasteiger partial charge in [0.15, 0.2) is 0 Å². The first kappa shape index (κ1) is 11.1. The van der Waals surface area contributed by atoms with Crippen LogP contribution in [0.2, 0.25) is 0 Å². The van der Waals surface area contributed by atoms with Crippen LogP contribution in [-0.2, 0) is 6.42 Å². The standard InChI is InChI=1S/C12H20N2/c1-4-10(2)9-11-5-7-12(8-6-11)14(3)13/h5-8,10H,4,9,13H2,1-3H3. The van der Waals surface area contributed by atoms with Gasteiger partial charge >= 0.3 is 0 Å². The van der Waals surface area contributed by atoms with Gasteiger partial charge in [0.1, 0.15) is 0 Å². The molecular formula is C12H20N2. The van der Waals surface area contributed by atoms with Crippen LogP contribution in [0.25, 0.3) is 0 Å². The van der Waals surface area contributed by atoms with Crippen molar-refractivity contribution in [2.45, 2.75) is 26.7 Å². The summed E-state index contributed by atoms with van der Waals surface area (Å²) in [5.41, 5.74) is 2.45. The largest absolute Gasteiger partial charge is 0.314 e. The summed E-state index contributed by atoms with van der Waals surface area (Å²) >= 11 is 0. The van der Waals surface area contributed by atoms with E-state index in [0.29, 0.717) is 0 Å². The maximum atomic E-state index is 5.62. The first-order valence-corrected chi connectivity index (χ1v) is 5.20. The highest BCUT2D eigenvalue weighted by Gasteiger charge is 2.01. The van der Waals surface area contributed by atoms with Crippen molar-refractivity contribution in [1.29, 1.82) is 0 Å². The average Bonchev–Trinajstić information content (AvgIpc) is 2.18. The fourth-order valence-electron chi connectivity index (χ4n) is 1.41. The van der Waals surface area contributed by atoms with Gasteiger partial charge in [0.2, 0.25) is 0 Å². The monoisotopic (exact) mass is 192 g/mol. The van der Waals surface area contributed by atoms with Gasteiger partial charge in [0, 0.05) is 7.05 Å². The van der Waals surface area contributed by atoms with E-state index in [0.717, 1.165) is 18.0 Å². The Hall–Kier alpha value is -1.02. The topological polar surface area (TPSA) is 29.3 Å². The van der Waals surface area contributed by atoms with Crippen LogP contribution in [0.3, 0.4) is 0 Å². The smallest absolute Gasteiger partial charge is 0.0514 e. The van der Waals surface area contributed by atoms with Crippen LogP contribution in [0.1, 0.15) is 25.8 Å². The number of rotatable bonds is 4. The molecule has 2 N–H and O–H groups in total. The summed E-state index contributed by atoms with van der Waals surface area (Å²) in [7, 11) is 1.85. The molecule has 0 aliphatic carbocycles. The zero-order chi connectivity index (χ0) is 10.6. The lowest BCUT2D eigenvalue weighted by atomic mass is 9.99. The van der Waals surface area contributed by atoms with Crippen molar-refractivity contribution >= 4 is 5.69 Å². The molecule has 0 fully saturated rings. The minimum atomic E-state index is 0.761. The molecule has 78 valence electrons. The molecule has 0 saturated carbocycles. The third kappa shape index (κ3) is 3.04. The molecule has 0 amide bonds. The Morgan fingerprint density at radius 2 is 1.86 bits per heavy atom. The minimum absolute atomic E-state index is 0.761. The zero-order valence-electron chi connectivity index (χ0n) is 9.33. The SMILES string of the molecule is CCC(C)Cc1ccc(N(C)N)cc1. The molecule has 0 aliphatic rings. The Morgan fingerprint density at radius 3 is 2.29 bits per heavy atom. The van der Waals surface area contributed by atoms with Gasteiger partial charge in [-0.25, -0.2) is 5.84 Å². The first-order valence-electron chi connectivity index (χ1n) is 5.20. The second-order valence-electron chi connectivity index (χ2n) is 3.99. The van der Waals surface area contributed by atoms with Gasteiger partial charge < -0.3 is 5.01 Å². The molecule has 0 saturated heterocycles. The summed E-state index contributed by atoms with van der Waals surface area (Å²) in [6.07, 6.45) is 2.39. The molecule has 1 aromatic carbocycles. The van der Waals surface area contributed by atoms with Crippen molar-refractivity contribution in [2.75, 3.05) is 12.1 Å². The normalized spacial score (nSPS) is 12.6. The lowest BCUT2D eigenvalue weighted by Gasteiger charge is -2.13. The van der Waals surface area contributed by atoms with Crippen molar-refractivity contribution < 1.29 is 0 Å². The molecule has 1 unspecified atom stereocenters. The quantitative estimate of drug-likeness (QED) is 0.587. The molecule has 0 aromatic heterocycles. The Balaban J connectivity index is 2.64. The molecule has 0 bridgehead atoms. The summed E-state index contributed by atoms with van der Waals surface area (Å²) in [5, 5.41) is 1.63. The third-order valence-corrected chi connectivity index (χ3v) is 2.62. The van der Waals surface area contributed by atoms with Crippen molar-refractivity contribution in [1.82, 2.24) is 0 Å². The number of benzene rings is 1. The van der Waals surface area contributed by atoms with Gasteiger partial charge in [-0.2, -0.15) is 0 Å². The van der Waals surface area contributed by atoms with E-state index >= 15 is 0 Å². The summed E-state index contributed by atoms with van der Waals surface area (Å²) < 4.78 is 0. The van der Waals surface area contributed by atoms with Crippen LogP contribution in [0.15, 0.2) is 24.3 Å². The number of anilines is 1. The lowest BCUT2D eigenvalue weighted by molar-refractivity contribution is 0.560. The van der Waals surface area contributed by atoms with E-state index in [9.17, 15) is 0 Å². The van der Waals surface area contributed by atoms with Crippen LogP contribution < -0.4 is 10.9 Å². The van der Waals surface area contributed by atoms with Crippen LogP contribution in [0.4, 0.5) is 5.69 Å². The number of nitrogens with zero attached hydrogens (tertiary/aromatic N) is 1. The fraction of sp³-hybridized carbons (Fsp3) is 0.500. The Morgan fingerprint density at radius 1 is 1.29 bits per heavy atom. The first-order chi connectivity index (χ1) is 6.63. The van der Waals surface area contributed by atoms with Crippen molar-refractivity contribution in [3.05, 3.63) is 29.8 Å². The van der Waals surface area contributed by atoms with Gasteiger partial charge in [-0.1, -0.05) is 32.4 Å². The van der Waals surface area contributed by atoms with E-state index < -0.39 is 0 Å². The number of hydrogen-bond donors (Lipinski definition) is 1. The number of nitrogens with two attached hydrogens (primary N) is 1. The number of hydrazine groups is 1. The maximum absolute atomic E-state index is 5.62. The molecular weight excluding hydrogens is 172 g/mol. The van der Waals surface area contributed by atoms with Crippen molar-refractivity contribution in [2.24, 2.45) is 11.8 Å². The fourth-order valence-corrected chi connectivity index (χ4v) is 1.41. The molecule has 2 nitrogen and oxygen atoms in total. The van der Waals surface area contributed by atoms with Crippen LogP contribution in [0.5, 0.6) is 0 Å². The highest BCUT2D eigenvalue weighted by Crippen LogP contribution is 2.15. The predicted molar refractivity (Wildman–Crippen MR) is 62.2 cm³/mol. The summed E-state index contributed by atoms with van der Waals surface area (Å²) in [4.78, 5) is 0. The second kappa shape index (κ2) is 5.01. The van der Waals surface area contributed by atoms with Gasteiger partial charge in [-0.15, -0.1) is 0 Å². The van der Waals surface area contributed by atoms with E-state index in [1.807, 2.05) is 7.05 Å². The Labute approximate surface area is 86.7 Å². The Bertz CT molecular complexity index is 264. The molecule has 2 heteroatoms. The van der Waals surface area contributed by atoms with Gasteiger partial charge in [0.25, 0.3) is 0 Å². The van der Waals surface area contributed by atoms with Gasteiger partial charge in [-0.3, -0.25) is 0 Å². The molecule has 0 radical (unpaired) electrons. The summed E-state index contributed by atoms with van der Waals surface area (Å²) in [6, 6.07) is 8.45. The molecule has 1 atom stereocenters. The molecule has 0 spiro atoms. The van der Waals surface area contributed by atoms with E-state index in [4.69, 9.17) is 5.84 Å². The predicted octanol–water partition coefficient (Wildman–Crippen LogP) is 2.59. The van der Waals surface area contributed by atoms with Crippen LogP contribution >= 0.6 is 0 Å². The van der Waals surface area contributed by atoms with Gasteiger partial charge in [0.05, 0.1) is 5.69 Å². The maximum Gasteiger partial charge on any atom is 0.0514 e. The molecule has 1 rings (SSSR count). The Kier molecular flexibility index (Phi) is 3.96. The van der Waals surface area contributed by atoms with E-state index in [1.165, 1.54) is 12.0 Å². The second-order valence-corrected chi connectivity index (χ2v) is 3.99.